The van der Waals surface area contributed by atoms with Crippen LogP contribution in [-0.4, -0.2) is 58.6 Å². The molecular weight excluding hydrogens is 385 g/mol. The summed E-state index contributed by atoms with van der Waals surface area (Å²) in [5.41, 5.74) is 2.23. The van der Waals surface area contributed by atoms with E-state index in [1.165, 1.54) is 18.2 Å². The molecule has 8 heteroatoms. The summed E-state index contributed by atoms with van der Waals surface area (Å²) in [5.74, 6) is -0.861. The Morgan fingerprint density at radius 1 is 1.07 bits per heavy atom. The van der Waals surface area contributed by atoms with Gasteiger partial charge in [-0.2, -0.15) is 5.10 Å². The van der Waals surface area contributed by atoms with Gasteiger partial charge in [-0.15, -0.1) is 0 Å². The number of amides is 2. The maximum atomic E-state index is 13.2. The molecule has 1 aromatic heterocycles. The van der Waals surface area contributed by atoms with Gasteiger partial charge in [0.1, 0.15) is 5.82 Å². The lowest BCUT2D eigenvalue weighted by Crippen LogP contribution is -2.39. The number of halogens is 1. The lowest BCUT2D eigenvalue weighted by Gasteiger charge is -2.21. The Morgan fingerprint density at radius 3 is 2.57 bits per heavy atom. The second-order valence-electron chi connectivity index (χ2n) is 7.11. The summed E-state index contributed by atoms with van der Waals surface area (Å²) in [4.78, 5) is 27.8. The third-order valence-electron chi connectivity index (χ3n) is 4.43. The fourth-order valence-electron chi connectivity index (χ4n) is 2.95. The average molecular weight is 409 g/mol. The lowest BCUT2D eigenvalue weighted by atomic mass is 10.3. The van der Waals surface area contributed by atoms with E-state index in [9.17, 15) is 14.0 Å². The van der Waals surface area contributed by atoms with Crippen LogP contribution in [0.1, 0.15) is 5.56 Å². The molecule has 0 saturated heterocycles. The van der Waals surface area contributed by atoms with Crippen LogP contribution in [0.4, 0.5) is 10.1 Å². The molecule has 0 unspecified atom stereocenters. The first kappa shape index (κ1) is 21.2. The molecule has 0 bridgehead atoms. The van der Waals surface area contributed by atoms with Crippen molar-refractivity contribution < 1.29 is 14.0 Å². The number of rotatable bonds is 8. The average Bonchev–Trinajstić information content (AvgIpc) is 3.17. The van der Waals surface area contributed by atoms with E-state index in [0.29, 0.717) is 12.2 Å². The van der Waals surface area contributed by atoms with Crippen LogP contribution in [0.5, 0.6) is 0 Å². The minimum absolute atomic E-state index is 0.0159. The van der Waals surface area contributed by atoms with Crippen molar-refractivity contribution in [1.29, 1.82) is 0 Å². The largest absolute Gasteiger partial charge is 0.340 e. The van der Waals surface area contributed by atoms with Crippen LogP contribution in [0.2, 0.25) is 0 Å². The molecule has 1 heterocycles. The van der Waals surface area contributed by atoms with Crippen molar-refractivity contribution in [2.24, 2.45) is 0 Å². The number of carbonyl (C=O) groups excluding carboxylic acids is 2. The molecule has 7 nitrogen and oxygen atoms in total. The molecule has 2 aromatic carbocycles. The first-order chi connectivity index (χ1) is 14.4. The minimum Gasteiger partial charge on any atom is -0.340 e. The molecule has 0 spiro atoms. The number of benzene rings is 2. The van der Waals surface area contributed by atoms with E-state index in [-0.39, 0.29) is 24.9 Å². The van der Waals surface area contributed by atoms with E-state index >= 15 is 0 Å². The summed E-state index contributed by atoms with van der Waals surface area (Å²) in [6.45, 7) is 0.511. The standard InChI is InChI=1S/C22H24FN5O2/c1-26(15-21(29)25-19-8-6-7-18(23)11-19)16-22(30)27(2)13-17-12-24-28(14-17)20-9-4-3-5-10-20/h3-12,14H,13,15-16H2,1-2H3,(H,25,29). The number of para-hydroxylation sites is 1. The van der Waals surface area contributed by atoms with Crippen LogP contribution in [0.25, 0.3) is 5.69 Å². The van der Waals surface area contributed by atoms with Crippen LogP contribution >= 0.6 is 0 Å². The van der Waals surface area contributed by atoms with E-state index in [4.69, 9.17) is 0 Å². The van der Waals surface area contributed by atoms with Crippen LogP contribution < -0.4 is 5.32 Å². The first-order valence-electron chi connectivity index (χ1n) is 9.47. The van der Waals surface area contributed by atoms with Crippen molar-refractivity contribution >= 4 is 17.5 Å². The maximum absolute atomic E-state index is 13.2. The molecule has 2 amide bonds. The minimum atomic E-state index is -0.423. The van der Waals surface area contributed by atoms with Crippen LogP contribution in [0.15, 0.2) is 67.0 Å². The number of hydrogen-bond acceptors (Lipinski definition) is 4. The molecule has 0 radical (unpaired) electrons. The highest BCUT2D eigenvalue weighted by atomic mass is 19.1. The summed E-state index contributed by atoms with van der Waals surface area (Å²) >= 11 is 0. The molecule has 0 saturated carbocycles. The summed E-state index contributed by atoms with van der Waals surface area (Å²) in [6, 6.07) is 15.4. The fourth-order valence-corrected chi connectivity index (χ4v) is 2.95. The predicted molar refractivity (Wildman–Crippen MR) is 113 cm³/mol. The van der Waals surface area contributed by atoms with Crippen molar-refractivity contribution in [2.75, 3.05) is 32.5 Å². The van der Waals surface area contributed by atoms with E-state index < -0.39 is 5.82 Å². The first-order valence-corrected chi connectivity index (χ1v) is 9.47. The maximum Gasteiger partial charge on any atom is 0.238 e. The van der Waals surface area contributed by atoms with E-state index in [0.717, 1.165) is 11.3 Å². The molecule has 3 rings (SSSR count). The molecule has 0 fully saturated rings. The van der Waals surface area contributed by atoms with E-state index in [2.05, 4.69) is 10.4 Å². The number of nitrogens with zero attached hydrogens (tertiary/aromatic N) is 4. The molecule has 0 aliphatic rings. The number of aromatic nitrogens is 2. The Balaban J connectivity index is 1.48. The quantitative estimate of drug-likeness (QED) is 0.621. The fraction of sp³-hybridized carbons (Fsp3) is 0.227. The summed E-state index contributed by atoms with van der Waals surface area (Å²) in [5, 5.41) is 6.95. The van der Waals surface area contributed by atoms with Crippen LogP contribution in [-0.2, 0) is 16.1 Å². The van der Waals surface area contributed by atoms with Gasteiger partial charge in [-0.05, 0) is 37.4 Å². The van der Waals surface area contributed by atoms with Gasteiger partial charge in [-0.1, -0.05) is 24.3 Å². The van der Waals surface area contributed by atoms with Gasteiger partial charge in [0.15, 0.2) is 0 Å². The Hall–Kier alpha value is -3.52. The smallest absolute Gasteiger partial charge is 0.238 e. The van der Waals surface area contributed by atoms with Crippen molar-refractivity contribution in [3.05, 3.63) is 78.4 Å². The highest BCUT2D eigenvalue weighted by Crippen LogP contribution is 2.10. The molecule has 0 atom stereocenters. The number of anilines is 1. The van der Waals surface area contributed by atoms with Crippen LogP contribution in [0, 0.1) is 5.82 Å². The zero-order valence-corrected chi connectivity index (χ0v) is 17.0. The predicted octanol–water partition coefficient (Wildman–Crippen LogP) is 2.54. The van der Waals surface area contributed by atoms with Crippen LogP contribution in [0.3, 0.4) is 0 Å². The van der Waals surface area contributed by atoms with Gasteiger partial charge in [-0.25, -0.2) is 9.07 Å². The molecule has 30 heavy (non-hydrogen) atoms. The van der Waals surface area contributed by atoms with E-state index in [1.54, 1.807) is 40.8 Å². The number of likely N-dealkylation sites (N-methyl/N-ethyl adjacent to an activating group) is 2. The zero-order chi connectivity index (χ0) is 21.5. The summed E-state index contributed by atoms with van der Waals surface area (Å²) in [7, 11) is 3.40. The third kappa shape index (κ3) is 5.99. The number of hydrogen-bond donors (Lipinski definition) is 1. The highest BCUT2D eigenvalue weighted by Gasteiger charge is 2.15. The van der Waals surface area contributed by atoms with Crippen molar-refractivity contribution in [3.63, 3.8) is 0 Å². The Kier molecular flexibility index (Phi) is 6.92. The highest BCUT2D eigenvalue weighted by molar-refractivity contribution is 5.92. The molecular formula is C22H24FN5O2. The molecule has 0 aliphatic carbocycles. The van der Waals surface area contributed by atoms with Gasteiger partial charge < -0.3 is 10.2 Å². The van der Waals surface area contributed by atoms with Crippen molar-refractivity contribution in [3.8, 4) is 5.69 Å². The van der Waals surface area contributed by atoms with Crippen molar-refractivity contribution in [2.45, 2.75) is 6.54 Å². The molecule has 0 aliphatic heterocycles. The van der Waals surface area contributed by atoms with Gasteiger partial charge >= 0.3 is 0 Å². The van der Waals surface area contributed by atoms with Gasteiger partial charge in [0.25, 0.3) is 0 Å². The Labute approximate surface area is 174 Å². The number of carbonyl (C=O) groups is 2. The second kappa shape index (κ2) is 9.80. The van der Waals surface area contributed by atoms with Gasteiger partial charge in [0.05, 0.1) is 25.0 Å². The Morgan fingerprint density at radius 2 is 1.83 bits per heavy atom. The molecule has 1 N–H and O–H groups in total. The molecule has 3 aromatic rings. The molecule has 156 valence electrons. The SMILES string of the molecule is CN(CC(=O)Nc1cccc(F)c1)CC(=O)N(C)Cc1cnn(-c2ccccc2)c1. The van der Waals surface area contributed by atoms with Gasteiger partial charge in [0, 0.05) is 31.0 Å². The zero-order valence-electron chi connectivity index (χ0n) is 17.0. The number of nitrogens with one attached hydrogen (secondary N) is 1. The Bertz CT molecular complexity index is 1010. The topological polar surface area (TPSA) is 70.5 Å². The van der Waals surface area contributed by atoms with Gasteiger partial charge in [-0.3, -0.25) is 14.5 Å². The normalized spacial score (nSPS) is 10.8. The monoisotopic (exact) mass is 409 g/mol. The summed E-state index contributed by atoms with van der Waals surface area (Å²) < 4.78 is 15.0. The lowest BCUT2D eigenvalue weighted by molar-refractivity contribution is -0.131. The van der Waals surface area contributed by atoms with Crippen molar-refractivity contribution in [1.82, 2.24) is 19.6 Å². The summed E-state index contributed by atoms with van der Waals surface area (Å²) in [6.07, 6.45) is 3.61. The van der Waals surface area contributed by atoms with Gasteiger partial charge in [0.2, 0.25) is 11.8 Å². The second-order valence-corrected chi connectivity index (χ2v) is 7.11. The third-order valence-corrected chi connectivity index (χ3v) is 4.43. The van der Waals surface area contributed by atoms with E-state index in [1.807, 2.05) is 36.5 Å².